The van der Waals surface area contributed by atoms with Gasteiger partial charge < -0.3 is 10.2 Å². The fourth-order valence-corrected chi connectivity index (χ4v) is 5.07. The van der Waals surface area contributed by atoms with Gasteiger partial charge in [0.25, 0.3) is 0 Å². The van der Waals surface area contributed by atoms with E-state index >= 15 is 0 Å². The molecule has 4 fully saturated rings. The highest BCUT2D eigenvalue weighted by Gasteiger charge is 2.73. The van der Waals surface area contributed by atoms with Crippen LogP contribution in [0.3, 0.4) is 0 Å². The molecule has 4 aliphatic rings. The van der Waals surface area contributed by atoms with Crippen LogP contribution in [0.1, 0.15) is 62.6 Å². The van der Waals surface area contributed by atoms with E-state index in [2.05, 4.69) is 41.4 Å². The van der Waals surface area contributed by atoms with Gasteiger partial charge in [0.15, 0.2) is 0 Å². The fraction of sp³-hybridized carbons (Fsp3) is 0.600. The van der Waals surface area contributed by atoms with Gasteiger partial charge in [-0.3, -0.25) is 9.59 Å². The molecule has 1 N–H and O–H groups in total. The molecule has 1 aromatic rings. The van der Waals surface area contributed by atoms with E-state index in [1.165, 1.54) is 11.1 Å². The van der Waals surface area contributed by atoms with E-state index in [-0.39, 0.29) is 22.9 Å². The molecule has 1 aliphatic heterocycles. The van der Waals surface area contributed by atoms with Crippen LogP contribution in [0, 0.1) is 12.3 Å². The summed E-state index contributed by atoms with van der Waals surface area (Å²) in [6, 6.07) is 8.77. The lowest BCUT2D eigenvalue weighted by atomic mass is 9.39. The summed E-state index contributed by atoms with van der Waals surface area (Å²) in [7, 11) is 0. The normalized spacial score (nSPS) is 33.6. The summed E-state index contributed by atoms with van der Waals surface area (Å²) in [4.78, 5) is 26.9. The molecule has 0 aromatic heterocycles. The molecule has 4 heteroatoms. The second kappa shape index (κ2) is 5.33. The van der Waals surface area contributed by atoms with Crippen LogP contribution in [0.15, 0.2) is 24.3 Å². The smallest absolute Gasteiger partial charge is 0.229 e. The number of nitrogens with zero attached hydrogens (tertiary/aromatic N) is 1. The molecule has 0 radical (unpaired) electrons. The molecule has 1 unspecified atom stereocenters. The molecule has 3 aliphatic carbocycles. The van der Waals surface area contributed by atoms with E-state index in [0.29, 0.717) is 12.3 Å². The summed E-state index contributed by atoms with van der Waals surface area (Å²) in [6.07, 6.45) is 5.16. The summed E-state index contributed by atoms with van der Waals surface area (Å²) in [5.41, 5.74) is 2.26. The largest absolute Gasteiger partial charge is 0.351 e. The zero-order chi connectivity index (χ0) is 16.9. The number of amides is 2. The second-order valence-corrected chi connectivity index (χ2v) is 8.06. The van der Waals surface area contributed by atoms with E-state index in [0.717, 1.165) is 38.6 Å². The molecule has 1 saturated heterocycles. The van der Waals surface area contributed by atoms with E-state index in [1.807, 2.05) is 6.92 Å². The highest BCUT2D eigenvalue weighted by molar-refractivity contribution is 5.89. The van der Waals surface area contributed by atoms with Crippen molar-refractivity contribution in [2.45, 2.75) is 64.0 Å². The number of rotatable bonds is 4. The van der Waals surface area contributed by atoms with Gasteiger partial charge >= 0.3 is 0 Å². The molecule has 128 valence electrons. The minimum atomic E-state index is -0.187. The Morgan fingerprint density at radius 2 is 2.04 bits per heavy atom. The lowest BCUT2D eigenvalue weighted by Crippen LogP contribution is -2.78. The topological polar surface area (TPSA) is 49.4 Å². The molecule has 4 nitrogen and oxygen atoms in total. The number of hydrogen-bond donors (Lipinski definition) is 1. The lowest BCUT2D eigenvalue weighted by molar-refractivity contribution is -0.194. The van der Waals surface area contributed by atoms with Crippen LogP contribution < -0.4 is 5.32 Å². The van der Waals surface area contributed by atoms with Crippen molar-refractivity contribution in [3.8, 4) is 0 Å². The average Bonchev–Trinajstić information content (AvgIpc) is 2.98. The standard InChI is InChI=1S/C20H26N2O2/c1-3-17(23)21-20-11-19(12-20,13-20)18(24)22-9-5-8-16(22)15-7-4-6-14(2)10-15/h4,6-7,10,16H,3,5,8-9,11-13H2,1-2H3,(H,21,23). The lowest BCUT2D eigenvalue weighted by Gasteiger charge is -2.69. The third-order valence-corrected chi connectivity index (χ3v) is 6.15. The van der Waals surface area contributed by atoms with Crippen LogP contribution in [0.4, 0.5) is 0 Å². The summed E-state index contributed by atoms with van der Waals surface area (Å²) in [5.74, 6) is 0.425. The minimum absolute atomic E-state index is 0.0681. The molecular weight excluding hydrogens is 300 g/mol. The van der Waals surface area contributed by atoms with Crippen molar-refractivity contribution in [1.82, 2.24) is 10.2 Å². The van der Waals surface area contributed by atoms with Gasteiger partial charge in [0, 0.05) is 18.5 Å². The molecule has 2 amide bonds. The Balaban J connectivity index is 1.45. The van der Waals surface area contributed by atoms with Gasteiger partial charge in [0.2, 0.25) is 11.8 Å². The molecule has 24 heavy (non-hydrogen) atoms. The Morgan fingerprint density at radius 1 is 1.29 bits per heavy atom. The fourth-order valence-electron chi connectivity index (χ4n) is 5.07. The highest BCUT2D eigenvalue weighted by atomic mass is 16.2. The molecule has 2 bridgehead atoms. The Bertz CT molecular complexity index is 677. The zero-order valence-electron chi connectivity index (χ0n) is 14.6. The molecule has 1 heterocycles. The van der Waals surface area contributed by atoms with E-state index < -0.39 is 0 Å². The third-order valence-electron chi connectivity index (χ3n) is 6.15. The number of carbonyl (C=O) groups excluding carboxylic acids is 2. The van der Waals surface area contributed by atoms with E-state index in [4.69, 9.17) is 0 Å². The van der Waals surface area contributed by atoms with Crippen LogP contribution in [0.5, 0.6) is 0 Å². The molecule has 1 atom stereocenters. The van der Waals surface area contributed by atoms with Gasteiger partial charge in [-0.05, 0) is 44.6 Å². The average molecular weight is 326 g/mol. The van der Waals surface area contributed by atoms with Crippen molar-refractivity contribution in [1.29, 1.82) is 0 Å². The molecule has 3 saturated carbocycles. The van der Waals surface area contributed by atoms with Crippen LogP contribution in [0.25, 0.3) is 0 Å². The van der Waals surface area contributed by atoms with Crippen molar-refractivity contribution in [2.75, 3.05) is 6.54 Å². The minimum Gasteiger partial charge on any atom is -0.351 e. The first kappa shape index (κ1) is 15.7. The first-order chi connectivity index (χ1) is 11.5. The van der Waals surface area contributed by atoms with Crippen LogP contribution in [-0.4, -0.2) is 28.8 Å². The van der Waals surface area contributed by atoms with Crippen molar-refractivity contribution < 1.29 is 9.59 Å². The van der Waals surface area contributed by atoms with Gasteiger partial charge in [-0.1, -0.05) is 36.8 Å². The summed E-state index contributed by atoms with van der Waals surface area (Å²) < 4.78 is 0. The number of hydrogen-bond acceptors (Lipinski definition) is 2. The van der Waals surface area contributed by atoms with Gasteiger partial charge in [-0.2, -0.15) is 0 Å². The third kappa shape index (κ3) is 2.27. The summed E-state index contributed by atoms with van der Waals surface area (Å²) in [5, 5.41) is 3.12. The molecule has 0 spiro atoms. The zero-order valence-corrected chi connectivity index (χ0v) is 14.6. The van der Waals surface area contributed by atoms with Crippen LogP contribution in [-0.2, 0) is 9.59 Å². The van der Waals surface area contributed by atoms with Crippen LogP contribution in [0.2, 0.25) is 0 Å². The summed E-state index contributed by atoms with van der Waals surface area (Å²) in [6.45, 7) is 4.85. The number of likely N-dealkylation sites (tertiary alicyclic amines) is 1. The van der Waals surface area contributed by atoms with Crippen molar-refractivity contribution >= 4 is 11.8 Å². The van der Waals surface area contributed by atoms with Gasteiger partial charge in [0.1, 0.15) is 0 Å². The first-order valence-electron chi connectivity index (χ1n) is 9.16. The molecule has 5 rings (SSSR count). The Labute approximate surface area is 143 Å². The highest BCUT2D eigenvalue weighted by Crippen LogP contribution is 2.68. The Hall–Kier alpha value is -1.84. The number of benzene rings is 1. The van der Waals surface area contributed by atoms with Crippen molar-refractivity contribution in [3.05, 3.63) is 35.4 Å². The number of aryl methyl sites for hydroxylation is 1. The van der Waals surface area contributed by atoms with Crippen molar-refractivity contribution in [2.24, 2.45) is 5.41 Å². The maximum atomic E-state index is 13.2. The van der Waals surface area contributed by atoms with Gasteiger partial charge in [-0.25, -0.2) is 0 Å². The second-order valence-electron chi connectivity index (χ2n) is 8.06. The van der Waals surface area contributed by atoms with Gasteiger partial charge in [0.05, 0.1) is 11.5 Å². The monoisotopic (exact) mass is 326 g/mol. The quantitative estimate of drug-likeness (QED) is 0.924. The van der Waals surface area contributed by atoms with Crippen LogP contribution >= 0.6 is 0 Å². The molecule has 1 aromatic carbocycles. The van der Waals surface area contributed by atoms with E-state index in [1.54, 1.807) is 0 Å². The maximum Gasteiger partial charge on any atom is 0.229 e. The SMILES string of the molecule is CCC(=O)NC12CC(C(=O)N3CCCC3c3cccc(C)c3)(C1)C2. The predicted octanol–water partition coefficient (Wildman–Crippen LogP) is 3.11. The summed E-state index contributed by atoms with van der Waals surface area (Å²) >= 11 is 0. The Kier molecular flexibility index (Phi) is 3.48. The van der Waals surface area contributed by atoms with E-state index in [9.17, 15) is 9.59 Å². The van der Waals surface area contributed by atoms with Gasteiger partial charge in [-0.15, -0.1) is 0 Å². The maximum absolute atomic E-state index is 13.2. The Morgan fingerprint density at radius 3 is 2.71 bits per heavy atom. The number of carbonyl (C=O) groups is 2. The number of nitrogens with one attached hydrogen (secondary N) is 1. The van der Waals surface area contributed by atoms with Crippen molar-refractivity contribution in [3.63, 3.8) is 0 Å². The molecular formula is C20H26N2O2. The predicted molar refractivity (Wildman–Crippen MR) is 92.3 cm³/mol. The first-order valence-corrected chi connectivity index (χ1v) is 9.16.